The van der Waals surface area contributed by atoms with Crippen LogP contribution in [0.2, 0.25) is 0 Å². The lowest BCUT2D eigenvalue weighted by atomic mass is 10.1. The van der Waals surface area contributed by atoms with Gasteiger partial charge in [0.2, 0.25) is 11.8 Å². The maximum Gasteiger partial charge on any atom is 0.303 e. The zero-order chi connectivity index (χ0) is 19.4. The molecule has 0 unspecified atom stereocenters. The Balaban J connectivity index is 4.77. The van der Waals surface area contributed by atoms with Gasteiger partial charge in [-0.3, -0.25) is 14.4 Å². The lowest BCUT2D eigenvalue weighted by Crippen LogP contribution is -2.53. The second kappa shape index (κ2) is 12.7. The number of carboxylic acid groups (broad SMARTS) is 1. The Bertz CT molecular complexity index is 414. The predicted octanol–water partition coefficient (Wildman–Crippen LogP) is 3.34. The van der Waals surface area contributed by atoms with Crippen LogP contribution in [0.3, 0.4) is 0 Å². The minimum atomic E-state index is -0.966. The second-order valence-corrected chi connectivity index (χ2v) is 7.15. The van der Waals surface area contributed by atoms with Crippen molar-refractivity contribution in [2.24, 2.45) is 0 Å². The van der Waals surface area contributed by atoms with E-state index in [-0.39, 0.29) is 36.7 Å². The highest BCUT2D eigenvalue weighted by Gasteiger charge is 2.29. The van der Waals surface area contributed by atoms with E-state index in [4.69, 9.17) is 5.11 Å². The molecule has 6 nitrogen and oxygen atoms in total. The molecule has 0 spiro atoms. The summed E-state index contributed by atoms with van der Waals surface area (Å²) < 4.78 is 0. The van der Waals surface area contributed by atoms with Gasteiger partial charge in [0.25, 0.3) is 0 Å². The van der Waals surface area contributed by atoms with E-state index >= 15 is 0 Å². The van der Waals surface area contributed by atoms with Gasteiger partial charge in [0, 0.05) is 24.9 Å². The van der Waals surface area contributed by atoms with Crippen molar-refractivity contribution in [2.45, 2.75) is 104 Å². The highest BCUT2D eigenvalue weighted by atomic mass is 16.4. The predicted molar refractivity (Wildman–Crippen MR) is 99.3 cm³/mol. The fourth-order valence-corrected chi connectivity index (χ4v) is 2.97. The van der Waals surface area contributed by atoms with Crippen molar-refractivity contribution in [3.8, 4) is 0 Å². The maximum absolute atomic E-state index is 12.8. The van der Waals surface area contributed by atoms with Crippen molar-refractivity contribution in [2.75, 3.05) is 0 Å². The number of rotatable bonds is 13. The van der Waals surface area contributed by atoms with Gasteiger partial charge in [-0.05, 0) is 40.5 Å². The number of carbonyl (C=O) groups excluding carboxylic acids is 2. The van der Waals surface area contributed by atoms with Gasteiger partial charge in [-0.2, -0.15) is 0 Å². The average Bonchev–Trinajstić information content (AvgIpc) is 2.50. The van der Waals surface area contributed by atoms with E-state index in [1.54, 1.807) is 4.90 Å². The summed E-state index contributed by atoms with van der Waals surface area (Å²) >= 11 is 0. The van der Waals surface area contributed by atoms with Crippen molar-refractivity contribution in [3.05, 3.63) is 0 Å². The Morgan fingerprint density at radius 1 is 0.920 bits per heavy atom. The Morgan fingerprint density at radius 2 is 1.48 bits per heavy atom. The van der Waals surface area contributed by atoms with Crippen LogP contribution in [0.1, 0.15) is 86.0 Å². The molecule has 0 aliphatic heterocycles. The summed E-state index contributed by atoms with van der Waals surface area (Å²) in [5, 5.41) is 11.7. The third-order valence-corrected chi connectivity index (χ3v) is 4.15. The average molecular weight is 357 g/mol. The first kappa shape index (κ1) is 23.4. The number of nitrogens with zero attached hydrogens (tertiary/aromatic N) is 1. The van der Waals surface area contributed by atoms with Crippen LogP contribution in [0.15, 0.2) is 0 Å². The number of hydrogen-bond donors (Lipinski definition) is 2. The van der Waals surface area contributed by atoms with E-state index in [9.17, 15) is 14.4 Å². The number of unbranched alkanes of at least 4 members (excludes halogenated alkanes) is 4. The quantitative estimate of drug-likeness (QED) is 0.496. The molecule has 0 heterocycles. The third-order valence-electron chi connectivity index (χ3n) is 4.15. The molecule has 0 radical (unpaired) electrons. The summed E-state index contributed by atoms with van der Waals surface area (Å²) in [4.78, 5) is 37.6. The summed E-state index contributed by atoms with van der Waals surface area (Å²) in [7, 11) is 0. The Morgan fingerprint density at radius 3 is 1.96 bits per heavy atom. The van der Waals surface area contributed by atoms with E-state index < -0.39 is 12.0 Å². The molecule has 0 fully saturated rings. The molecule has 0 aliphatic rings. The molecule has 0 aliphatic carbocycles. The Kier molecular flexibility index (Phi) is 11.9. The summed E-state index contributed by atoms with van der Waals surface area (Å²) in [6.45, 7) is 9.81. The monoisotopic (exact) mass is 356 g/mol. The molecule has 0 rings (SSSR count). The summed E-state index contributed by atoms with van der Waals surface area (Å²) in [5.74, 6) is -1.34. The molecule has 25 heavy (non-hydrogen) atoms. The van der Waals surface area contributed by atoms with E-state index in [2.05, 4.69) is 12.2 Å². The first-order chi connectivity index (χ1) is 11.7. The SMILES string of the molecule is CCCCCCCC(=O)N[C@@H](CCC(=O)O)C(=O)N(C(C)C)C(C)C. The molecule has 0 saturated heterocycles. The highest BCUT2D eigenvalue weighted by molar-refractivity contribution is 5.88. The van der Waals surface area contributed by atoms with Crippen LogP contribution < -0.4 is 5.32 Å². The molecule has 0 aromatic heterocycles. The first-order valence-electron chi connectivity index (χ1n) is 9.54. The number of nitrogens with one attached hydrogen (secondary N) is 1. The Hall–Kier alpha value is -1.59. The number of amides is 2. The van der Waals surface area contributed by atoms with E-state index in [0.29, 0.717) is 6.42 Å². The van der Waals surface area contributed by atoms with Crippen LogP contribution in [-0.4, -0.2) is 45.9 Å². The molecule has 2 amide bonds. The van der Waals surface area contributed by atoms with Crippen molar-refractivity contribution in [1.82, 2.24) is 10.2 Å². The topological polar surface area (TPSA) is 86.7 Å². The number of hydrogen-bond acceptors (Lipinski definition) is 3. The Labute approximate surface area is 152 Å². The lowest BCUT2D eigenvalue weighted by molar-refractivity contribution is -0.141. The van der Waals surface area contributed by atoms with E-state index in [0.717, 1.165) is 25.7 Å². The zero-order valence-corrected chi connectivity index (χ0v) is 16.5. The molecular formula is C19H36N2O4. The highest BCUT2D eigenvalue weighted by Crippen LogP contribution is 2.12. The summed E-state index contributed by atoms with van der Waals surface area (Å²) in [6.07, 6.45) is 5.58. The van der Waals surface area contributed by atoms with E-state index in [1.165, 1.54) is 6.42 Å². The zero-order valence-electron chi connectivity index (χ0n) is 16.5. The van der Waals surface area contributed by atoms with Gasteiger partial charge in [0.1, 0.15) is 6.04 Å². The molecule has 6 heteroatoms. The van der Waals surface area contributed by atoms with Gasteiger partial charge in [0.05, 0.1) is 0 Å². The minimum absolute atomic E-state index is 0.00854. The maximum atomic E-state index is 12.8. The number of carbonyl (C=O) groups is 3. The molecule has 146 valence electrons. The van der Waals surface area contributed by atoms with Crippen LogP contribution in [0.4, 0.5) is 0 Å². The second-order valence-electron chi connectivity index (χ2n) is 7.15. The molecule has 2 N–H and O–H groups in total. The van der Waals surface area contributed by atoms with Gasteiger partial charge in [-0.25, -0.2) is 0 Å². The molecule has 0 aromatic carbocycles. The molecular weight excluding hydrogens is 320 g/mol. The van der Waals surface area contributed by atoms with Crippen LogP contribution in [0.5, 0.6) is 0 Å². The van der Waals surface area contributed by atoms with Crippen molar-refractivity contribution in [3.63, 3.8) is 0 Å². The van der Waals surface area contributed by atoms with Gasteiger partial charge in [-0.1, -0.05) is 32.6 Å². The van der Waals surface area contributed by atoms with Gasteiger partial charge >= 0.3 is 5.97 Å². The fourth-order valence-electron chi connectivity index (χ4n) is 2.97. The van der Waals surface area contributed by atoms with Crippen LogP contribution in [0.25, 0.3) is 0 Å². The minimum Gasteiger partial charge on any atom is -0.481 e. The van der Waals surface area contributed by atoms with Crippen molar-refractivity contribution < 1.29 is 19.5 Å². The molecule has 0 bridgehead atoms. The summed E-state index contributed by atoms with van der Waals surface area (Å²) in [6, 6.07) is -0.791. The summed E-state index contributed by atoms with van der Waals surface area (Å²) in [5.41, 5.74) is 0. The molecule has 0 aromatic rings. The number of carboxylic acids is 1. The standard InChI is InChI=1S/C19H36N2O4/c1-6-7-8-9-10-11-17(22)20-16(12-13-18(23)24)19(25)21(14(2)3)15(4)5/h14-16H,6-13H2,1-5H3,(H,20,22)(H,23,24)/t16-/m0/s1. The van der Waals surface area contributed by atoms with Crippen molar-refractivity contribution in [1.29, 1.82) is 0 Å². The normalized spacial score (nSPS) is 12.3. The van der Waals surface area contributed by atoms with Crippen LogP contribution in [-0.2, 0) is 14.4 Å². The lowest BCUT2D eigenvalue weighted by Gasteiger charge is -2.34. The first-order valence-corrected chi connectivity index (χ1v) is 9.54. The van der Waals surface area contributed by atoms with Gasteiger partial charge in [0.15, 0.2) is 0 Å². The molecule has 0 saturated carbocycles. The molecule has 1 atom stereocenters. The van der Waals surface area contributed by atoms with Gasteiger partial charge in [-0.15, -0.1) is 0 Å². The number of aliphatic carboxylic acids is 1. The smallest absolute Gasteiger partial charge is 0.303 e. The fraction of sp³-hybridized carbons (Fsp3) is 0.842. The van der Waals surface area contributed by atoms with Crippen LogP contribution >= 0.6 is 0 Å². The van der Waals surface area contributed by atoms with Crippen LogP contribution in [0, 0.1) is 0 Å². The van der Waals surface area contributed by atoms with Gasteiger partial charge < -0.3 is 15.3 Å². The van der Waals surface area contributed by atoms with E-state index in [1.807, 2.05) is 27.7 Å². The third kappa shape index (κ3) is 10.1. The van der Waals surface area contributed by atoms with Crippen molar-refractivity contribution >= 4 is 17.8 Å². The largest absolute Gasteiger partial charge is 0.481 e.